The van der Waals surface area contributed by atoms with Crippen LogP contribution < -0.4 is 10.0 Å². The van der Waals surface area contributed by atoms with Gasteiger partial charge in [-0.3, -0.25) is 4.57 Å². The normalized spacial score (nSPS) is 14.3. The smallest absolute Gasteiger partial charge is 0.229 e. The van der Waals surface area contributed by atoms with Gasteiger partial charge in [-0.25, -0.2) is 0 Å². The second-order valence-corrected chi connectivity index (χ2v) is 6.82. The first-order valence-electron chi connectivity index (χ1n) is 6.06. The molecule has 0 aromatic heterocycles. The van der Waals surface area contributed by atoms with Gasteiger partial charge in [0.25, 0.3) is 0 Å². The highest BCUT2D eigenvalue weighted by molar-refractivity contribution is 7.66. The van der Waals surface area contributed by atoms with Crippen LogP contribution in [0.3, 0.4) is 0 Å². The minimum absolute atomic E-state index is 0.0925. The first-order valence-corrected chi connectivity index (χ1v) is 8.13. The van der Waals surface area contributed by atoms with Crippen molar-refractivity contribution in [3.05, 3.63) is 30.3 Å². The number of hydrogen-bond donors (Lipinski definition) is 0. The second kappa shape index (κ2) is 6.21. The summed E-state index contributed by atoms with van der Waals surface area (Å²) in [6, 6.07) is 5.43. The van der Waals surface area contributed by atoms with E-state index >= 15 is 0 Å². The first-order chi connectivity index (χ1) is 8.40. The molecule has 0 amide bonds. The summed E-state index contributed by atoms with van der Waals surface area (Å²) in [7, 11) is -2.74. The predicted octanol–water partition coefficient (Wildman–Crippen LogP) is 3.69. The molecule has 0 aliphatic rings. The third-order valence-corrected chi connectivity index (χ3v) is 4.39. The zero-order chi connectivity index (χ0) is 13.8. The molecule has 0 aliphatic carbocycles. The van der Waals surface area contributed by atoms with Gasteiger partial charge in [0, 0.05) is 17.5 Å². The van der Waals surface area contributed by atoms with Gasteiger partial charge in [0.1, 0.15) is 5.75 Å². The van der Waals surface area contributed by atoms with Crippen LogP contribution in [0.15, 0.2) is 24.8 Å². The Kier molecular flexibility index (Phi) is 5.18. The highest BCUT2D eigenvalue weighted by Gasteiger charge is 2.19. The number of benzene rings is 1. The predicted molar refractivity (Wildman–Crippen MR) is 77.1 cm³/mol. The number of rotatable bonds is 6. The zero-order valence-corrected chi connectivity index (χ0v) is 12.4. The van der Waals surface area contributed by atoms with Crippen LogP contribution in [0.2, 0.25) is 0 Å². The van der Waals surface area contributed by atoms with Crippen LogP contribution in [-0.2, 0) is 9.09 Å². The van der Waals surface area contributed by atoms with Gasteiger partial charge < -0.3 is 9.26 Å². The molecular weight excluding hydrogens is 247 g/mol. The van der Waals surface area contributed by atoms with Crippen LogP contribution in [-0.4, -0.2) is 19.4 Å². The summed E-state index contributed by atoms with van der Waals surface area (Å²) >= 11 is 0. The molecule has 0 radical (unpaired) electrons. The maximum atomic E-state index is 12.3. The molecule has 0 spiro atoms. The Morgan fingerprint density at radius 1 is 1.44 bits per heavy atom. The van der Waals surface area contributed by atoms with Crippen LogP contribution in [0.4, 0.5) is 0 Å². The van der Waals surface area contributed by atoms with Crippen molar-refractivity contribution < 1.29 is 13.8 Å². The van der Waals surface area contributed by atoms with Gasteiger partial charge >= 0.3 is 0 Å². The summed E-state index contributed by atoms with van der Waals surface area (Å²) in [4.78, 5) is 0. The van der Waals surface area contributed by atoms with Gasteiger partial charge in [-0.05, 0) is 39.0 Å². The molecule has 0 fully saturated rings. The van der Waals surface area contributed by atoms with Crippen molar-refractivity contribution in [2.24, 2.45) is 0 Å². The van der Waals surface area contributed by atoms with E-state index in [0.29, 0.717) is 11.9 Å². The van der Waals surface area contributed by atoms with Gasteiger partial charge in [0.05, 0.1) is 12.7 Å². The Morgan fingerprint density at radius 2 is 2.11 bits per heavy atom. The van der Waals surface area contributed by atoms with Gasteiger partial charge in [-0.15, -0.1) is 0 Å². The van der Waals surface area contributed by atoms with Crippen molar-refractivity contribution in [3.8, 4) is 5.75 Å². The van der Waals surface area contributed by atoms with E-state index in [0.717, 1.165) is 11.3 Å². The molecule has 1 rings (SSSR count). The summed E-state index contributed by atoms with van der Waals surface area (Å²) in [5.41, 5.74) is 0.836. The molecule has 0 saturated heterocycles. The molecule has 1 aromatic rings. The van der Waals surface area contributed by atoms with E-state index in [-0.39, 0.29) is 6.10 Å². The van der Waals surface area contributed by atoms with Crippen LogP contribution >= 0.6 is 7.37 Å². The third kappa shape index (κ3) is 3.72. The van der Waals surface area contributed by atoms with Gasteiger partial charge in [0.15, 0.2) is 0 Å². The Labute approximate surface area is 109 Å². The van der Waals surface area contributed by atoms with Crippen molar-refractivity contribution >= 4 is 18.7 Å². The first kappa shape index (κ1) is 15.0. The number of ether oxygens (including phenoxy) is 1. The van der Waals surface area contributed by atoms with Crippen molar-refractivity contribution in [1.82, 2.24) is 0 Å². The molecule has 18 heavy (non-hydrogen) atoms. The molecule has 1 atom stereocenters. The van der Waals surface area contributed by atoms with Gasteiger partial charge in [0.2, 0.25) is 7.37 Å². The average Bonchev–Trinajstić information content (AvgIpc) is 2.28. The SMILES string of the molecule is C=Cc1cc(P(C)(=O)OCC)ccc1OC(C)C. The topological polar surface area (TPSA) is 35.5 Å². The van der Waals surface area contributed by atoms with E-state index in [2.05, 4.69) is 6.58 Å². The van der Waals surface area contributed by atoms with Crippen LogP contribution in [0, 0.1) is 0 Å². The standard InChI is InChI=1S/C14H21O3P/c1-6-12-10-13(18(5,15)16-7-2)8-9-14(12)17-11(3)4/h6,8-11H,1,7H2,2-5H3. The largest absolute Gasteiger partial charge is 0.490 e. The second-order valence-electron chi connectivity index (χ2n) is 4.36. The Morgan fingerprint density at radius 3 is 2.61 bits per heavy atom. The average molecular weight is 268 g/mol. The lowest BCUT2D eigenvalue weighted by Crippen LogP contribution is -2.11. The van der Waals surface area contributed by atoms with Crippen LogP contribution in [0.25, 0.3) is 6.08 Å². The lowest BCUT2D eigenvalue weighted by atomic mass is 10.2. The molecule has 1 aromatic carbocycles. The van der Waals surface area contributed by atoms with Crippen molar-refractivity contribution in [2.45, 2.75) is 26.9 Å². The number of hydrogen-bond acceptors (Lipinski definition) is 3. The van der Waals surface area contributed by atoms with Crippen molar-refractivity contribution in [1.29, 1.82) is 0 Å². The summed E-state index contributed by atoms with van der Waals surface area (Å²) in [5.74, 6) is 0.750. The minimum Gasteiger partial charge on any atom is -0.490 e. The Bertz CT molecular complexity index is 466. The summed E-state index contributed by atoms with van der Waals surface area (Å²) in [6.45, 7) is 11.6. The van der Waals surface area contributed by atoms with E-state index in [9.17, 15) is 4.57 Å². The fraction of sp³-hybridized carbons (Fsp3) is 0.429. The van der Waals surface area contributed by atoms with Crippen LogP contribution in [0.1, 0.15) is 26.3 Å². The van der Waals surface area contributed by atoms with E-state index in [1.807, 2.05) is 32.9 Å². The van der Waals surface area contributed by atoms with Crippen LogP contribution in [0.5, 0.6) is 5.75 Å². The molecule has 0 aliphatic heterocycles. The van der Waals surface area contributed by atoms with E-state index in [1.165, 1.54) is 0 Å². The summed E-state index contributed by atoms with van der Waals surface area (Å²) in [5, 5.41) is 0.690. The molecule has 0 N–H and O–H groups in total. The van der Waals surface area contributed by atoms with E-state index in [4.69, 9.17) is 9.26 Å². The third-order valence-electron chi connectivity index (χ3n) is 2.42. The van der Waals surface area contributed by atoms with Crippen molar-refractivity contribution in [3.63, 3.8) is 0 Å². The zero-order valence-electron chi connectivity index (χ0n) is 11.5. The minimum atomic E-state index is -2.74. The maximum Gasteiger partial charge on any atom is 0.229 e. The molecule has 3 nitrogen and oxygen atoms in total. The van der Waals surface area contributed by atoms with E-state index < -0.39 is 7.37 Å². The fourth-order valence-electron chi connectivity index (χ4n) is 1.63. The molecule has 0 bridgehead atoms. The fourth-order valence-corrected chi connectivity index (χ4v) is 2.99. The molecule has 0 heterocycles. The summed E-state index contributed by atoms with van der Waals surface area (Å²) in [6.07, 6.45) is 1.79. The maximum absolute atomic E-state index is 12.3. The monoisotopic (exact) mass is 268 g/mol. The van der Waals surface area contributed by atoms with Gasteiger partial charge in [-0.2, -0.15) is 0 Å². The lowest BCUT2D eigenvalue weighted by molar-refractivity contribution is 0.242. The molecule has 100 valence electrons. The molecule has 0 saturated carbocycles. The lowest BCUT2D eigenvalue weighted by Gasteiger charge is -2.17. The highest BCUT2D eigenvalue weighted by atomic mass is 31.2. The quantitative estimate of drug-likeness (QED) is 0.738. The van der Waals surface area contributed by atoms with E-state index in [1.54, 1.807) is 18.8 Å². The van der Waals surface area contributed by atoms with Gasteiger partial charge in [-0.1, -0.05) is 12.7 Å². The van der Waals surface area contributed by atoms with Crippen molar-refractivity contribution in [2.75, 3.05) is 13.3 Å². The Hall–Kier alpha value is -1.05. The highest BCUT2D eigenvalue weighted by Crippen LogP contribution is 2.42. The molecular formula is C14H21O3P. The Balaban J connectivity index is 3.13. The molecule has 4 heteroatoms. The molecule has 1 unspecified atom stereocenters. The summed E-state index contributed by atoms with van der Waals surface area (Å²) < 4.78 is 23.3.